The van der Waals surface area contributed by atoms with E-state index in [2.05, 4.69) is 38.1 Å². The van der Waals surface area contributed by atoms with E-state index in [9.17, 15) is 4.79 Å². The number of carboxylic acids is 1. The van der Waals surface area contributed by atoms with Gasteiger partial charge in [-0.3, -0.25) is 0 Å². The molecule has 0 unspecified atom stereocenters. The molecule has 2 heteroatoms. The number of rotatable bonds is 4. The van der Waals surface area contributed by atoms with Crippen LogP contribution in [0.2, 0.25) is 0 Å². The highest BCUT2D eigenvalue weighted by atomic mass is 16.4. The van der Waals surface area contributed by atoms with E-state index in [0.29, 0.717) is 0 Å². The molecule has 1 N–H and O–H groups in total. The molecular weight excluding hydrogens is 284 g/mol. The van der Waals surface area contributed by atoms with Gasteiger partial charge in [-0.15, -0.1) is 0 Å². The summed E-state index contributed by atoms with van der Waals surface area (Å²) in [6, 6.07) is 6.54. The van der Waals surface area contributed by atoms with Crippen LogP contribution in [0.25, 0.3) is 5.57 Å². The Hall–Kier alpha value is -2.35. The number of benzene rings is 1. The Morgan fingerprint density at radius 1 is 1.17 bits per heavy atom. The van der Waals surface area contributed by atoms with Crippen molar-refractivity contribution < 1.29 is 9.90 Å². The molecule has 0 aliphatic heterocycles. The third-order valence-electron chi connectivity index (χ3n) is 4.10. The van der Waals surface area contributed by atoms with E-state index in [1.165, 1.54) is 46.8 Å². The van der Waals surface area contributed by atoms with E-state index in [-0.39, 0.29) is 0 Å². The molecule has 120 valence electrons. The van der Waals surface area contributed by atoms with Crippen LogP contribution in [0.1, 0.15) is 43.4 Å². The zero-order valence-corrected chi connectivity index (χ0v) is 14.1. The van der Waals surface area contributed by atoms with Gasteiger partial charge in [-0.25, -0.2) is 4.79 Å². The molecule has 2 nitrogen and oxygen atoms in total. The van der Waals surface area contributed by atoms with Crippen LogP contribution in [-0.2, 0) is 11.2 Å². The van der Waals surface area contributed by atoms with Gasteiger partial charge in [0.05, 0.1) is 0 Å². The standard InChI is InChI=1S/C21H24O2/c1-15(7-4-8-16(2)14-21(22)23)13-18-10-6-11-19-17(3)9-5-12-20(18)19/h4-5,7-9,12-14H,6,10-11H2,1-3H3,(H,22,23)/b8-4+,15-7+,16-14+,18-13+. The quantitative estimate of drug-likeness (QED) is 0.609. The van der Waals surface area contributed by atoms with Crippen molar-refractivity contribution in [2.24, 2.45) is 0 Å². The van der Waals surface area contributed by atoms with Gasteiger partial charge >= 0.3 is 5.97 Å². The van der Waals surface area contributed by atoms with Crippen molar-refractivity contribution in [3.63, 3.8) is 0 Å². The number of hydrogen-bond acceptors (Lipinski definition) is 1. The Bertz CT molecular complexity index is 715. The molecule has 0 aromatic heterocycles. The molecule has 1 aromatic rings. The Morgan fingerprint density at radius 3 is 2.70 bits per heavy atom. The Balaban J connectivity index is 2.20. The van der Waals surface area contributed by atoms with Gasteiger partial charge in [0.1, 0.15) is 0 Å². The summed E-state index contributed by atoms with van der Waals surface area (Å²) in [6.45, 7) is 6.05. The molecular formula is C21H24O2. The van der Waals surface area contributed by atoms with Crippen molar-refractivity contribution in [1.29, 1.82) is 0 Å². The number of allylic oxidation sites excluding steroid dienone is 7. The second kappa shape index (κ2) is 7.77. The zero-order valence-electron chi connectivity index (χ0n) is 14.1. The fourth-order valence-electron chi connectivity index (χ4n) is 2.99. The molecule has 0 bridgehead atoms. The predicted octanol–water partition coefficient (Wildman–Crippen LogP) is 5.25. The molecule has 0 fully saturated rings. The summed E-state index contributed by atoms with van der Waals surface area (Å²) in [7, 11) is 0. The van der Waals surface area contributed by atoms with E-state index in [4.69, 9.17) is 5.11 Å². The van der Waals surface area contributed by atoms with Gasteiger partial charge in [0.2, 0.25) is 0 Å². The van der Waals surface area contributed by atoms with Crippen LogP contribution in [0.5, 0.6) is 0 Å². The third-order valence-corrected chi connectivity index (χ3v) is 4.10. The highest BCUT2D eigenvalue weighted by Crippen LogP contribution is 2.33. The molecule has 0 atom stereocenters. The summed E-state index contributed by atoms with van der Waals surface area (Å²) in [5.41, 5.74) is 7.55. The lowest BCUT2D eigenvalue weighted by molar-refractivity contribution is -0.131. The maximum Gasteiger partial charge on any atom is 0.328 e. The van der Waals surface area contributed by atoms with Crippen LogP contribution in [0.4, 0.5) is 0 Å². The van der Waals surface area contributed by atoms with Crippen molar-refractivity contribution in [1.82, 2.24) is 0 Å². The van der Waals surface area contributed by atoms with Gasteiger partial charge in [-0.1, -0.05) is 48.1 Å². The molecule has 0 heterocycles. The monoisotopic (exact) mass is 308 g/mol. The highest BCUT2D eigenvalue weighted by Gasteiger charge is 2.14. The fraction of sp³-hybridized carbons (Fsp3) is 0.286. The van der Waals surface area contributed by atoms with Crippen LogP contribution < -0.4 is 0 Å². The molecule has 0 radical (unpaired) electrons. The molecule has 0 amide bonds. The average Bonchev–Trinajstić information content (AvgIpc) is 2.47. The van der Waals surface area contributed by atoms with Crippen molar-refractivity contribution >= 4 is 11.5 Å². The zero-order chi connectivity index (χ0) is 16.8. The number of aliphatic carboxylic acids is 1. The topological polar surface area (TPSA) is 37.3 Å². The van der Waals surface area contributed by atoms with Crippen molar-refractivity contribution in [3.8, 4) is 0 Å². The van der Waals surface area contributed by atoms with E-state index < -0.39 is 5.97 Å². The number of carbonyl (C=O) groups is 1. The van der Waals surface area contributed by atoms with Crippen LogP contribution in [0.15, 0.2) is 59.7 Å². The van der Waals surface area contributed by atoms with E-state index >= 15 is 0 Å². The average molecular weight is 308 g/mol. The third kappa shape index (κ3) is 4.82. The minimum absolute atomic E-state index is 0.729. The summed E-state index contributed by atoms with van der Waals surface area (Å²) in [5.74, 6) is -0.913. The summed E-state index contributed by atoms with van der Waals surface area (Å²) < 4.78 is 0. The van der Waals surface area contributed by atoms with Gasteiger partial charge in [0.15, 0.2) is 0 Å². The molecule has 2 rings (SSSR count). The fourth-order valence-corrected chi connectivity index (χ4v) is 2.99. The smallest absolute Gasteiger partial charge is 0.328 e. The predicted molar refractivity (Wildman–Crippen MR) is 96.4 cm³/mol. The van der Waals surface area contributed by atoms with Crippen LogP contribution >= 0.6 is 0 Å². The number of aryl methyl sites for hydroxylation is 1. The van der Waals surface area contributed by atoms with E-state index in [1.807, 2.05) is 18.2 Å². The second-order valence-electron chi connectivity index (χ2n) is 6.12. The lowest BCUT2D eigenvalue weighted by atomic mass is 9.84. The van der Waals surface area contributed by atoms with Gasteiger partial charge < -0.3 is 5.11 Å². The van der Waals surface area contributed by atoms with Gasteiger partial charge in [-0.05, 0) is 67.9 Å². The van der Waals surface area contributed by atoms with Gasteiger partial charge in [-0.2, -0.15) is 0 Å². The van der Waals surface area contributed by atoms with E-state index in [1.54, 1.807) is 6.92 Å². The van der Waals surface area contributed by atoms with Crippen molar-refractivity contribution in [3.05, 3.63) is 76.4 Å². The molecule has 23 heavy (non-hydrogen) atoms. The summed E-state index contributed by atoms with van der Waals surface area (Å²) in [6.07, 6.45) is 12.7. The van der Waals surface area contributed by atoms with Crippen LogP contribution in [0, 0.1) is 6.92 Å². The van der Waals surface area contributed by atoms with Crippen LogP contribution in [-0.4, -0.2) is 11.1 Å². The lowest BCUT2D eigenvalue weighted by Crippen LogP contribution is -2.03. The second-order valence-corrected chi connectivity index (χ2v) is 6.12. The molecule has 1 aliphatic rings. The molecule has 1 aliphatic carbocycles. The number of carboxylic acid groups (broad SMARTS) is 1. The van der Waals surface area contributed by atoms with Crippen molar-refractivity contribution in [2.75, 3.05) is 0 Å². The normalized spacial score (nSPS) is 17.6. The van der Waals surface area contributed by atoms with Gasteiger partial charge in [0, 0.05) is 6.08 Å². The summed E-state index contributed by atoms with van der Waals surface area (Å²) in [5, 5.41) is 8.69. The first kappa shape index (κ1) is 17.0. The number of fused-ring (bicyclic) bond motifs is 1. The Kier molecular flexibility index (Phi) is 5.75. The molecule has 0 saturated carbocycles. The minimum atomic E-state index is -0.913. The Morgan fingerprint density at radius 2 is 1.96 bits per heavy atom. The Labute approximate surface area is 138 Å². The van der Waals surface area contributed by atoms with Crippen LogP contribution in [0.3, 0.4) is 0 Å². The first-order chi connectivity index (χ1) is 11.0. The molecule has 0 saturated heterocycles. The first-order valence-corrected chi connectivity index (χ1v) is 8.03. The van der Waals surface area contributed by atoms with Gasteiger partial charge in [0.25, 0.3) is 0 Å². The maximum absolute atomic E-state index is 10.6. The summed E-state index contributed by atoms with van der Waals surface area (Å²) in [4.78, 5) is 10.6. The maximum atomic E-state index is 10.6. The molecule has 0 spiro atoms. The largest absolute Gasteiger partial charge is 0.478 e. The summed E-state index contributed by atoms with van der Waals surface area (Å²) >= 11 is 0. The minimum Gasteiger partial charge on any atom is -0.478 e. The highest BCUT2D eigenvalue weighted by molar-refractivity contribution is 5.81. The molecule has 1 aromatic carbocycles. The first-order valence-electron chi connectivity index (χ1n) is 8.03. The van der Waals surface area contributed by atoms with E-state index in [0.717, 1.165) is 12.0 Å². The number of hydrogen-bond donors (Lipinski definition) is 1. The SMILES string of the molecule is CC(=C\C=C\C(C)=C\C(=O)O)/C=C1\CCCc2c(C)cccc21. The van der Waals surface area contributed by atoms with Crippen molar-refractivity contribution in [2.45, 2.75) is 40.0 Å². The lowest BCUT2D eigenvalue weighted by Gasteiger charge is -2.21.